The third-order valence-corrected chi connectivity index (χ3v) is 3.60. The van der Waals surface area contributed by atoms with Gasteiger partial charge in [0.05, 0.1) is 18.3 Å². The molecule has 136 valence electrons. The van der Waals surface area contributed by atoms with Gasteiger partial charge in [0, 0.05) is 24.2 Å². The number of aryl methyl sites for hydroxylation is 1. The fraction of sp³-hybridized carbons (Fsp3) is 0.333. The first kappa shape index (κ1) is 17.7. The maximum absolute atomic E-state index is 12.3. The number of fused-ring (bicyclic) bond motifs is 1. The zero-order chi connectivity index (χ0) is 18.7. The van der Waals surface area contributed by atoms with E-state index in [1.54, 1.807) is 29.1 Å². The first-order valence-corrected chi connectivity index (χ1v) is 8.32. The normalized spacial score (nSPS) is 11.1. The second kappa shape index (κ2) is 7.38. The van der Waals surface area contributed by atoms with Crippen LogP contribution in [0.2, 0.25) is 0 Å². The Labute approximate surface area is 149 Å². The third-order valence-electron chi connectivity index (χ3n) is 3.60. The monoisotopic (exact) mass is 356 g/mol. The lowest BCUT2D eigenvalue weighted by Gasteiger charge is -2.10. The highest BCUT2D eigenvalue weighted by atomic mass is 16.5. The van der Waals surface area contributed by atoms with Gasteiger partial charge in [-0.2, -0.15) is 0 Å². The van der Waals surface area contributed by atoms with Gasteiger partial charge in [0.25, 0.3) is 5.91 Å². The van der Waals surface area contributed by atoms with Gasteiger partial charge in [-0.1, -0.05) is 5.21 Å². The molecule has 2 heterocycles. The van der Waals surface area contributed by atoms with Crippen LogP contribution in [0.5, 0.6) is 5.75 Å². The molecule has 0 aliphatic heterocycles. The molecule has 1 amide bonds. The van der Waals surface area contributed by atoms with E-state index in [1.165, 1.54) is 6.07 Å². The van der Waals surface area contributed by atoms with Crippen LogP contribution in [0, 0.1) is 6.92 Å². The number of benzene rings is 1. The molecule has 0 unspecified atom stereocenters. The van der Waals surface area contributed by atoms with Gasteiger partial charge in [0.1, 0.15) is 16.9 Å². The molecule has 3 rings (SSSR count). The topological polar surface area (TPSA) is 99.2 Å². The Morgan fingerprint density at radius 3 is 2.85 bits per heavy atom. The van der Waals surface area contributed by atoms with Crippen LogP contribution in [-0.2, 0) is 6.54 Å². The van der Waals surface area contributed by atoms with Gasteiger partial charge < -0.3 is 14.5 Å². The first-order valence-electron chi connectivity index (χ1n) is 8.32. The number of hydrogen-bond acceptors (Lipinski definition) is 6. The summed E-state index contributed by atoms with van der Waals surface area (Å²) < 4.78 is 12.5. The molecule has 0 aliphatic carbocycles. The Morgan fingerprint density at radius 2 is 2.15 bits per heavy atom. The molecule has 0 spiro atoms. The van der Waals surface area contributed by atoms with Crippen molar-refractivity contribution in [3.63, 3.8) is 0 Å². The van der Waals surface area contributed by atoms with Gasteiger partial charge in [0.2, 0.25) is 0 Å². The Balaban J connectivity index is 1.73. The zero-order valence-corrected chi connectivity index (χ0v) is 14.9. The van der Waals surface area contributed by atoms with Crippen molar-refractivity contribution in [2.45, 2.75) is 33.4 Å². The van der Waals surface area contributed by atoms with Gasteiger partial charge in [-0.3, -0.25) is 9.48 Å². The second-order valence-electron chi connectivity index (χ2n) is 6.19. The minimum Gasteiger partial charge on any atom is -0.491 e. The molecule has 8 heteroatoms. The van der Waals surface area contributed by atoms with E-state index in [0.717, 1.165) is 5.69 Å². The van der Waals surface area contributed by atoms with Gasteiger partial charge >= 0.3 is 5.63 Å². The summed E-state index contributed by atoms with van der Waals surface area (Å²) >= 11 is 0. The Morgan fingerprint density at radius 1 is 1.35 bits per heavy atom. The zero-order valence-electron chi connectivity index (χ0n) is 14.9. The van der Waals surface area contributed by atoms with Crippen LogP contribution in [0.15, 0.2) is 39.7 Å². The van der Waals surface area contributed by atoms with E-state index in [0.29, 0.717) is 29.8 Å². The Hall–Kier alpha value is -3.16. The highest BCUT2D eigenvalue weighted by molar-refractivity contribution is 5.96. The summed E-state index contributed by atoms with van der Waals surface area (Å²) in [5.74, 6) is 0.121. The van der Waals surface area contributed by atoms with E-state index in [2.05, 4.69) is 15.6 Å². The van der Waals surface area contributed by atoms with E-state index in [4.69, 9.17) is 9.15 Å². The minimum atomic E-state index is -0.687. The number of amides is 1. The molecule has 2 aromatic heterocycles. The predicted octanol–water partition coefficient (Wildman–Crippen LogP) is 1.91. The molecule has 0 saturated heterocycles. The molecule has 0 atom stereocenters. The van der Waals surface area contributed by atoms with Crippen molar-refractivity contribution in [2.24, 2.45) is 0 Å². The lowest BCUT2D eigenvalue weighted by molar-refractivity contribution is 0.0948. The number of rotatable bonds is 6. The highest BCUT2D eigenvalue weighted by Gasteiger charge is 2.14. The van der Waals surface area contributed by atoms with E-state index in [-0.39, 0.29) is 11.7 Å². The number of aromatic nitrogens is 3. The average Bonchev–Trinajstić information content (AvgIpc) is 2.98. The maximum Gasteiger partial charge on any atom is 0.349 e. The fourth-order valence-electron chi connectivity index (χ4n) is 2.48. The SMILES string of the molecule is Cc1cn(CCNC(=O)c2cc3ccc(OC(C)C)cc3oc2=O)nn1. The van der Waals surface area contributed by atoms with E-state index >= 15 is 0 Å². The number of nitrogens with zero attached hydrogens (tertiary/aromatic N) is 3. The molecule has 1 aromatic carbocycles. The van der Waals surface area contributed by atoms with Crippen LogP contribution < -0.4 is 15.7 Å². The number of nitrogens with one attached hydrogen (secondary N) is 1. The molecule has 0 saturated carbocycles. The van der Waals surface area contributed by atoms with Crippen molar-refractivity contribution in [3.05, 3.63) is 52.1 Å². The molecule has 0 aliphatic rings. The molecule has 0 fully saturated rings. The summed E-state index contributed by atoms with van der Waals surface area (Å²) in [6, 6.07) is 6.70. The van der Waals surface area contributed by atoms with E-state index < -0.39 is 11.5 Å². The van der Waals surface area contributed by atoms with Crippen LogP contribution in [0.3, 0.4) is 0 Å². The average molecular weight is 356 g/mol. The summed E-state index contributed by atoms with van der Waals surface area (Å²) in [6.45, 7) is 6.44. The second-order valence-corrected chi connectivity index (χ2v) is 6.19. The smallest absolute Gasteiger partial charge is 0.349 e. The molecule has 3 aromatic rings. The first-order chi connectivity index (χ1) is 12.4. The van der Waals surface area contributed by atoms with Crippen molar-refractivity contribution in [1.82, 2.24) is 20.3 Å². The van der Waals surface area contributed by atoms with Crippen LogP contribution in [0.25, 0.3) is 11.0 Å². The molecular formula is C18H20N4O4. The number of carbonyl (C=O) groups is 1. The summed E-state index contributed by atoms with van der Waals surface area (Å²) in [5, 5.41) is 11.1. The van der Waals surface area contributed by atoms with Gasteiger partial charge in [-0.15, -0.1) is 5.10 Å². The van der Waals surface area contributed by atoms with Crippen molar-refractivity contribution >= 4 is 16.9 Å². The largest absolute Gasteiger partial charge is 0.491 e. The fourth-order valence-corrected chi connectivity index (χ4v) is 2.48. The lowest BCUT2D eigenvalue weighted by Crippen LogP contribution is -2.31. The van der Waals surface area contributed by atoms with E-state index in [1.807, 2.05) is 20.8 Å². The third kappa shape index (κ3) is 4.08. The van der Waals surface area contributed by atoms with Crippen LogP contribution in [0.1, 0.15) is 29.9 Å². The number of carbonyl (C=O) groups excluding carboxylic acids is 1. The molecular weight excluding hydrogens is 336 g/mol. The van der Waals surface area contributed by atoms with Crippen LogP contribution in [0.4, 0.5) is 0 Å². The maximum atomic E-state index is 12.3. The van der Waals surface area contributed by atoms with Gasteiger partial charge in [-0.25, -0.2) is 4.79 Å². The quantitative estimate of drug-likeness (QED) is 0.677. The van der Waals surface area contributed by atoms with Gasteiger partial charge in [0.15, 0.2) is 0 Å². The van der Waals surface area contributed by atoms with E-state index in [9.17, 15) is 9.59 Å². The van der Waals surface area contributed by atoms with Crippen molar-refractivity contribution in [3.8, 4) is 5.75 Å². The van der Waals surface area contributed by atoms with Crippen LogP contribution >= 0.6 is 0 Å². The highest BCUT2D eigenvalue weighted by Crippen LogP contribution is 2.21. The van der Waals surface area contributed by atoms with Crippen molar-refractivity contribution in [1.29, 1.82) is 0 Å². The summed E-state index contributed by atoms with van der Waals surface area (Å²) in [4.78, 5) is 24.4. The summed E-state index contributed by atoms with van der Waals surface area (Å²) in [7, 11) is 0. The van der Waals surface area contributed by atoms with Crippen LogP contribution in [-0.4, -0.2) is 33.5 Å². The predicted molar refractivity (Wildman–Crippen MR) is 95.3 cm³/mol. The Kier molecular flexibility index (Phi) is 5.01. The standard InChI is InChI=1S/C18H20N4O4/c1-11(2)25-14-5-4-13-8-15(18(24)26-16(13)9-14)17(23)19-6-7-22-10-12(3)20-21-22/h4-5,8-11H,6-7H2,1-3H3,(H,19,23). The number of hydrogen-bond donors (Lipinski definition) is 1. The summed E-state index contributed by atoms with van der Waals surface area (Å²) in [5.41, 5.74) is 0.452. The molecule has 1 N–H and O–H groups in total. The molecule has 8 nitrogen and oxygen atoms in total. The summed E-state index contributed by atoms with van der Waals surface area (Å²) in [6.07, 6.45) is 1.78. The molecule has 0 radical (unpaired) electrons. The Bertz CT molecular complexity index is 990. The minimum absolute atomic E-state index is 0.0120. The molecule has 0 bridgehead atoms. The van der Waals surface area contributed by atoms with Gasteiger partial charge in [-0.05, 0) is 39.0 Å². The number of ether oxygens (including phenoxy) is 1. The lowest BCUT2D eigenvalue weighted by atomic mass is 10.1. The van der Waals surface area contributed by atoms with Crippen molar-refractivity contribution < 1.29 is 13.9 Å². The molecule has 26 heavy (non-hydrogen) atoms. The van der Waals surface area contributed by atoms with Crippen molar-refractivity contribution in [2.75, 3.05) is 6.54 Å².